The van der Waals surface area contributed by atoms with Gasteiger partial charge >= 0.3 is 6.03 Å². The van der Waals surface area contributed by atoms with Gasteiger partial charge in [0.1, 0.15) is 0 Å². The van der Waals surface area contributed by atoms with Gasteiger partial charge in [-0.05, 0) is 55.9 Å². The van der Waals surface area contributed by atoms with Gasteiger partial charge in [-0.3, -0.25) is 0 Å². The molecule has 1 aliphatic heterocycles. The molecule has 2 amide bonds. The minimum atomic E-state index is 0.0208. The second-order valence-electron chi connectivity index (χ2n) is 6.76. The van der Waals surface area contributed by atoms with Gasteiger partial charge in [0, 0.05) is 31.8 Å². The molecular weight excluding hydrogens is 276 g/mol. The Morgan fingerprint density at radius 3 is 2.77 bits per heavy atom. The molecule has 2 aliphatic rings. The predicted molar refractivity (Wildman–Crippen MR) is 88.1 cm³/mol. The summed E-state index contributed by atoms with van der Waals surface area (Å²) in [5.74, 6) is 1.11. The lowest BCUT2D eigenvalue weighted by molar-refractivity contribution is 0.0130. The van der Waals surface area contributed by atoms with Crippen molar-refractivity contribution in [3.8, 4) is 0 Å². The molecule has 0 unspecified atom stereocenters. The van der Waals surface area contributed by atoms with E-state index in [4.69, 9.17) is 4.74 Å². The minimum absolute atomic E-state index is 0.0208. The summed E-state index contributed by atoms with van der Waals surface area (Å²) in [5, 5.41) is 3.04. The zero-order chi connectivity index (χ0) is 15.7. The molecule has 3 rings (SSSR count). The lowest BCUT2D eigenvalue weighted by Gasteiger charge is -2.31. The van der Waals surface area contributed by atoms with Crippen molar-refractivity contribution in [2.75, 3.05) is 25.5 Å². The van der Waals surface area contributed by atoms with E-state index in [2.05, 4.69) is 25.2 Å². The van der Waals surface area contributed by atoms with Crippen LogP contribution in [0.4, 0.5) is 10.5 Å². The van der Waals surface area contributed by atoms with Crippen molar-refractivity contribution in [2.45, 2.75) is 39.2 Å². The van der Waals surface area contributed by atoms with Crippen molar-refractivity contribution in [3.63, 3.8) is 0 Å². The van der Waals surface area contributed by atoms with E-state index in [9.17, 15) is 4.79 Å². The largest absolute Gasteiger partial charge is 0.381 e. The fraction of sp³-hybridized carbons (Fsp3) is 0.611. The number of rotatable bonds is 2. The fourth-order valence-electron chi connectivity index (χ4n) is 3.90. The van der Waals surface area contributed by atoms with Gasteiger partial charge in [0.05, 0.1) is 6.10 Å². The van der Waals surface area contributed by atoms with Gasteiger partial charge in [0.15, 0.2) is 0 Å². The predicted octanol–water partition coefficient (Wildman–Crippen LogP) is 3.58. The second-order valence-corrected chi connectivity index (χ2v) is 6.76. The summed E-state index contributed by atoms with van der Waals surface area (Å²) in [6, 6.07) is 6.08. The highest BCUT2D eigenvalue weighted by molar-refractivity contribution is 5.89. The molecule has 1 saturated heterocycles. The Kier molecular flexibility index (Phi) is 4.39. The van der Waals surface area contributed by atoms with Crippen LogP contribution in [0.1, 0.15) is 30.4 Å². The summed E-state index contributed by atoms with van der Waals surface area (Å²) in [7, 11) is 1.80. The number of aryl methyl sites for hydroxylation is 2. The molecule has 4 nitrogen and oxygen atoms in total. The first-order valence-corrected chi connectivity index (χ1v) is 8.24. The number of nitrogens with zero attached hydrogens (tertiary/aromatic N) is 1. The number of methoxy groups -OCH3 is 1. The Bertz CT molecular complexity index is 558. The van der Waals surface area contributed by atoms with Gasteiger partial charge in [0.2, 0.25) is 0 Å². The zero-order valence-corrected chi connectivity index (χ0v) is 13.8. The van der Waals surface area contributed by atoms with E-state index in [1.54, 1.807) is 7.11 Å². The topological polar surface area (TPSA) is 41.6 Å². The third kappa shape index (κ3) is 2.98. The summed E-state index contributed by atoms with van der Waals surface area (Å²) in [6.07, 6.45) is 3.88. The van der Waals surface area contributed by atoms with E-state index in [0.29, 0.717) is 17.9 Å². The Labute approximate surface area is 132 Å². The van der Waals surface area contributed by atoms with Crippen LogP contribution in [0.5, 0.6) is 0 Å². The van der Waals surface area contributed by atoms with Crippen LogP contribution in [0.2, 0.25) is 0 Å². The van der Waals surface area contributed by atoms with Crippen LogP contribution < -0.4 is 5.32 Å². The second kappa shape index (κ2) is 6.29. The summed E-state index contributed by atoms with van der Waals surface area (Å²) >= 11 is 0. The SMILES string of the molecule is CO[C@@H]1CCC[C@@H]2CN(C(=O)Nc3ccc(C)c(C)c3)C[C@@H]21. The summed E-state index contributed by atoms with van der Waals surface area (Å²) in [6.45, 7) is 5.83. The van der Waals surface area contributed by atoms with Gasteiger partial charge in [-0.1, -0.05) is 12.5 Å². The number of anilines is 1. The van der Waals surface area contributed by atoms with Crippen LogP contribution in [-0.4, -0.2) is 37.2 Å². The highest BCUT2D eigenvalue weighted by atomic mass is 16.5. The Hall–Kier alpha value is -1.55. The molecule has 0 spiro atoms. The number of benzene rings is 1. The number of carbonyl (C=O) groups is 1. The molecule has 0 radical (unpaired) electrons. The molecule has 1 aliphatic carbocycles. The zero-order valence-electron chi connectivity index (χ0n) is 13.8. The molecule has 1 aromatic rings. The van der Waals surface area contributed by atoms with E-state index in [1.807, 2.05) is 17.0 Å². The van der Waals surface area contributed by atoms with Crippen LogP contribution in [0.25, 0.3) is 0 Å². The smallest absolute Gasteiger partial charge is 0.321 e. The maximum Gasteiger partial charge on any atom is 0.321 e. The number of carbonyl (C=O) groups excluding carboxylic acids is 1. The molecule has 4 heteroatoms. The summed E-state index contributed by atoms with van der Waals surface area (Å²) in [5.41, 5.74) is 3.33. The van der Waals surface area contributed by atoms with Crippen LogP contribution in [0, 0.1) is 25.7 Å². The maximum absolute atomic E-state index is 12.5. The number of amides is 2. The quantitative estimate of drug-likeness (QED) is 0.907. The van der Waals surface area contributed by atoms with Crippen LogP contribution in [-0.2, 0) is 4.74 Å². The van der Waals surface area contributed by atoms with Crippen molar-refractivity contribution in [3.05, 3.63) is 29.3 Å². The van der Waals surface area contributed by atoms with E-state index in [0.717, 1.165) is 25.2 Å². The first-order chi connectivity index (χ1) is 10.6. The first-order valence-electron chi connectivity index (χ1n) is 8.24. The Morgan fingerprint density at radius 2 is 2.05 bits per heavy atom. The Balaban J connectivity index is 1.64. The fourth-order valence-corrected chi connectivity index (χ4v) is 3.90. The third-order valence-corrected chi connectivity index (χ3v) is 5.38. The number of likely N-dealkylation sites (tertiary alicyclic amines) is 1. The average Bonchev–Trinajstić information content (AvgIpc) is 2.95. The molecule has 1 N–H and O–H groups in total. The lowest BCUT2D eigenvalue weighted by Crippen LogP contribution is -2.35. The van der Waals surface area contributed by atoms with Crippen molar-refractivity contribution in [2.24, 2.45) is 11.8 Å². The normalized spacial score (nSPS) is 27.6. The molecule has 3 atom stereocenters. The van der Waals surface area contributed by atoms with Crippen LogP contribution in [0.3, 0.4) is 0 Å². The average molecular weight is 302 g/mol. The molecular formula is C18H26N2O2. The van der Waals surface area contributed by atoms with Crippen LogP contribution >= 0.6 is 0 Å². The number of hydrogen-bond acceptors (Lipinski definition) is 2. The highest BCUT2D eigenvalue weighted by Crippen LogP contribution is 2.37. The molecule has 0 bridgehead atoms. The Morgan fingerprint density at radius 1 is 1.23 bits per heavy atom. The van der Waals surface area contributed by atoms with Gasteiger partial charge in [-0.15, -0.1) is 0 Å². The molecule has 22 heavy (non-hydrogen) atoms. The maximum atomic E-state index is 12.5. The number of hydrogen-bond donors (Lipinski definition) is 1. The van der Waals surface area contributed by atoms with E-state index in [-0.39, 0.29) is 6.03 Å². The summed E-state index contributed by atoms with van der Waals surface area (Å²) < 4.78 is 5.62. The van der Waals surface area contributed by atoms with E-state index < -0.39 is 0 Å². The third-order valence-electron chi connectivity index (χ3n) is 5.38. The standard InChI is InChI=1S/C18H26N2O2/c1-12-7-8-15(9-13(12)2)19-18(21)20-10-14-5-4-6-17(22-3)16(14)11-20/h7-9,14,16-17H,4-6,10-11H2,1-3H3,(H,19,21)/t14-,16+,17-/m1/s1. The van der Waals surface area contributed by atoms with Crippen molar-refractivity contribution >= 4 is 11.7 Å². The molecule has 120 valence electrons. The van der Waals surface area contributed by atoms with Gasteiger partial charge in [0.25, 0.3) is 0 Å². The highest BCUT2D eigenvalue weighted by Gasteiger charge is 2.41. The monoisotopic (exact) mass is 302 g/mol. The summed E-state index contributed by atoms with van der Waals surface area (Å²) in [4.78, 5) is 14.5. The van der Waals surface area contributed by atoms with Crippen molar-refractivity contribution in [1.29, 1.82) is 0 Å². The number of ether oxygens (including phenoxy) is 1. The van der Waals surface area contributed by atoms with E-state index in [1.165, 1.54) is 24.0 Å². The van der Waals surface area contributed by atoms with Gasteiger partial charge in [-0.25, -0.2) is 4.79 Å². The van der Waals surface area contributed by atoms with Gasteiger partial charge < -0.3 is 15.0 Å². The minimum Gasteiger partial charge on any atom is -0.381 e. The number of urea groups is 1. The number of fused-ring (bicyclic) bond motifs is 1. The molecule has 2 fully saturated rings. The first kappa shape index (κ1) is 15.3. The molecule has 1 aromatic carbocycles. The van der Waals surface area contributed by atoms with E-state index >= 15 is 0 Å². The van der Waals surface area contributed by atoms with Gasteiger partial charge in [-0.2, -0.15) is 0 Å². The molecule has 1 heterocycles. The van der Waals surface area contributed by atoms with Crippen molar-refractivity contribution < 1.29 is 9.53 Å². The molecule has 0 aromatic heterocycles. The lowest BCUT2D eigenvalue weighted by atomic mass is 9.79. The van der Waals surface area contributed by atoms with Crippen molar-refractivity contribution in [1.82, 2.24) is 4.90 Å². The van der Waals surface area contributed by atoms with Crippen LogP contribution in [0.15, 0.2) is 18.2 Å². The molecule has 1 saturated carbocycles. The number of nitrogens with one attached hydrogen (secondary N) is 1.